The second kappa shape index (κ2) is 12.3. The van der Waals surface area contributed by atoms with Gasteiger partial charge in [0.2, 0.25) is 0 Å². The lowest BCUT2D eigenvalue weighted by atomic mass is 9.96. The van der Waals surface area contributed by atoms with Crippen molar-refractivity contribution < 1.29 is 19.3 Å². The zero-order chi connectivity index (χ0) is 25.4. The molecule has 2 heterocycles. The Morgan fingerprint density at radius 3 is 2.58 bits per heavy atom. The van der Waals surface area contributed by atoms with E-state index in [0.717, 1.165) is 68.5 Å². The summed E-state index contributed by atoms with van der Waals surface area (Å²) in [5.41, 5.74) is 1.57. The van der Waals surface area contributed by atoms with Crippen molar-refractivity contribution in [3.05, 3.63) is 71.8 Å². The Balaban J connectivity index is 1.28. The highest BCUT2D eigenvalue weighted by Crippen LogP contribution is 2.30. The van der Waals surface area contributed by atoms with Gasteiger partial charge in [-0.15, -0.1) is 0 Å². The first-order valence-electron chi connectivity index (χ1n) is 12.9. The summed E-state index contributed by atoms with van der Waals surface area (Å²) < 4.78 is 19.7. The van der Waals surface area contributed by atoms with Crippen LogP contribution in [0.15, 0.2) is 54.9 Å². The molecule has 0 spiro atoms. The minimum Gasteiger partial charge on any atom is -0.493 e. The van der Waals surface area contributed by atoms with E-state index in [9.17, 15) is 5.11 Å². The van der Waals surface area contributed by atoms with Gasteiger partial charge in [0.25, 0.3) is 0 Å². The standard InChI is InChI=1S/C29H39N3O4/c1-23-6-9-26(10-7-23)36-22-29(33)12-4-15-31(17-13-29)21-25-8-11-27(34-3)28(20-25)35-19-5-16-32-18-14-30-24(32)2/h6-11,14,18,20,33H,4-5,12-13,15-17,19,21-22H2,1-3H3/t29-/m0/s1. The fourth-order valence-electron chi connectivity index (χ4n) is 4.64. The van der Waals surface area contributed by atoms with Gasteiger partial charge in [-0.25, -0.2) is 4.98 Å². The number of rotatable bonds is 11. The summed E-state index contributed by atoms with van der Waals surface area (Å²) >= 11 is 0. The molecule has 7 heteroatoms. The van der Waals surface area contributed by atoms with Crippen molar-refractivity contribution in [3.63, 3.8) is 0 Å². The molecule has 1 saturated heterocycles. The molecule has 1 N–H and O–H groups in total. The second-order valence-corrected chi connectivity index (χ2v) is 9.81. The third-order valence-corrected chi connectivity index (χ3v) is 6.90. The van der Waals surface area contributed by atoms with E-state index < -0.39 is 5.60 Å². The van der Waals surface area contributed by atoms with E-state index >= 15 is 0 Å². The summed E-state index contributed by atoms with van der Waals surface area (Å²) in [7, 11) is 1.67. The van der Waals surface area contributed by atoms with E-state index in [4.69, 9.17) is 14.2 Å². The maximum atomic E-state index is 11.2. The Morgan fingerprint density at radius 2 is 1.83 bits per heavy atom. The van der Waals surface area contributed by atoms with E-state index in [-0.39, 0.29) is 0 Å². The van der Waals surface area contributed by atoms with Crippen molar-refractivity contribution in [2.45, 2.75) is 58.2 Å². The molecule has 194 valence electrons. The molecule has 2 aromatic carbocycles. The van der Waals surface area contributed by atoms with Gasteiger partial charge in [-0.05, 0) is 75.9 Å². The normalized spacial score (nSPS) is 18.6. The maximum Gasteiger partial charge on any atom is 0.161 e. The van der Waals surface area contributed by atoms with Crippen molar-refractivity contribution in [1.29, 1.82) is 0 Å². The number of methoxy groups -OCH3 is 1. The van der Waals surface area contributed by atoms with Crippen molar-refractivity contribution in [1.82, 2.24) is 14.5 Å². The molecule has 1 atom stereocenters. The molecule has 0 unspecified atom stereocenters. The quantitative estimate of drug-likeness (QED) is 0.388. The van der Waals surface area contributed by atoms with Crippen LogP contribution in [0.4, 0.5) is 0 Å². The largest absolute Gasteiger partial charge is 0.493 e. The van der Waals surface area contributed by atoms with Crippen molar-refractivity contribution in [2.75, 3.05) is 33.4 Å². The Morgan fingerprint density at radius 1 is 1.00 bits per heavy atom. The van der Waals surface area contributed by atoms with Gasteiger partial charge in [0, 0.05) is 32.0 Å². The molecule has 0 aliphatic carbocycles. The van der Waals surface area contributed by atoms with E-state index in [2.05, 4.69) is 33.5 Å². The van der Waals surface area contributed by atoms with Gasteiger partial charge in [-0.2, -0.15) is 0 Å². The monoisotopic (exact) mass is 493 g/mol. The van der Waals surface area contributed by atoms with Crippen LogP contribution in [0, 0.1) is 13.8 Å². The predicted molar refractivity (Wildman–Crippen MR) is 141 cm³/mol. The lowest BCUT2D eigenvalue weighted by Gasteiger charge is -2.27. The molecule has 0 bridgehead atoms. The van der Waals surface area contributed by atoms with Crippen LogP contribution in [0.25, 0.3) is 0 Å². The first-order chi connectivity index (χ1) is 17.4. The number of ether oxygens (including phenoxy) is 3. The molecule has 1 aromatic heterocycles. The average molecular weight is 494 g/mol. The molecule has 3 aromatic rings. The van der Waals surface area contributed by atoms with E-state index in [1.165, 1.54) is 11.1 Å². The molecular formula is C29H39N3O4. The number of hydrogen-bond acceptors (Lipinski definition) is 6. The Kier molecular flexibility index (Phi) is 8.88. The van der Waals surface area contributed by atoms with Gasteiger partial charge in [-0.1, -0.05) is 23.8 Å². The van der Waals surface area contributed by atoms with Crippen molar-refractivity contribution in [3.8, 4) is 17.2 Å². The minimum absolute atomic E-state index is 0.322. The van der Waals surface area contributed by atoms with Crippen LogP contribution in [0.3, 0.4) is 0 Å². The smallest absolute Gasteiger partial charge is 0.161 e. The highest BCUT2D eigenvalue weighted by atomic mass is 16.5. The summed E-state index contributed by atoms with van der Waals surface area (Å²) in [6.07, 6.45) is 7.06. The number of hydrogen-bond donors (Lipinski definition) is 1. The zero-order valence-electron chi connectivity index (χ0n) is 21.8. The average Bonchev–Trinajstić information content (AvgIpc) is 3.20. The van der Waals surface area contributed by atoms with Crippen LogP contribution in [-0.2, 0) is 13.1 Å². The summed E-state index contributed by atoms with van der Waals surface area (Å²) in [6.45, 7) is 8.44. The number of benzene rings is 2. The molecular weight excluding hydrogens is 454 g/mol. The Labute approximate surface area is 214 Å². The number of likely N-dealkylation sites (tertiary alicyclic amines) is 1. The van der Waals surface area contributed by atoms with E-state index in [1.807, 2.05) is 49.6 Å². The predicted octanol–water partition coefficient (Wildman–Crippen LogP) is 4.77. The topological polar surface area (TPSA) is 69.0 Å². The number of aromatic nitrogens is 2. The zero-order valence-corrected chi connectivity index (χ0v) is 21.8. The minimum atomic E-state index is -0.804. The Bertz CT molecular complexity index is 1100. The van der Waals surface area contributed by atoms with Gasteiger partial charge in [0.15, 0.2) is 11.5 Å². The van der Waals surface area contributed by atoms with E-state index in [1.54, 1.807) is 7.11 Å². The number of aliphatic hydroxyl groups is 1. The van der Waals surface area contributed by atoms with Crippen LogP contribution in [0.1, 0.15) is 42.6 Å². The lowest BCUT2D eigenvalue weighted by Crippen LogP contribution is -2.37. The van der Waals surface area contributed by atoms with Crippen LogP contribution in [0.2, 0.25) is 0 Å². The summed E-state index contributed by atoms with van der Waals surface area (Å²) in [4.78, 5) is 6.67. The van der Waals surface area contributed by atoms with Gasteiger partial charge < -0.3 is 23.9 Å². The summed E-state index contributed by atoms with van der Waals surface area (Å²) in [6, 6.07) is 14.1. The van der Waals surface area contributed by atoms with Crippen molar-refractivity contribution >= 4 is 0 Å². The van der Waals surface area contributed by atoms with E-state index in [0.29, 0.717) is 19.6 Å². The van der Waals surface area contributed by atoms with Crippen LogP contribution in [-0.4, -0.2) is 58.6 Å². The molecule has 7 nitrogen and oxygen atoms in total. The molecule has 1 aliphatic rings. The highest BCUT2D eigenvalue weighted by Gasteiger charge is 2.31. The molecule has 1 aliphatic heterocycles. The highest BCUT2D eigenvalue weighted by molar-refractivity contribution is 5.43. The molecule has 1 fully saturated rings. The molecule has 36 heavy (non-hydrogen) atoms. The van der Waals surface area contributed by atoms with Crippen LogP contribution >= 0.6 is 0 Å². The van der Waals surface area contributed by atoms with Gasteiger partial charge >= 0.3 is 0 Å². The number of aryl methyl sites for hydroxylation is 3. The van der Waals surface area contributed by atoms with Gasteiger partial charge in [0.1, 0.15) is 18.2 Å². The lowest BCUT2D eigenvalue weighted by molar-refractivity contribution is -0.0168. The fourth-order valence-corrected chi connectivity index (χ4v) is 4.64. The summed E-state index contributed by atoms with van der Waals surface area (Å²) in [5.74, 6) is 3.34. The van der Waals surface area contributed by atoms with Crippen molar-refractivity contribution in [2.24, 2.45) is 0 Å². The fraction of sp³-hybridized carbons (Fsp3) is 0.483. The SMILES string of the molecule is COc1ccc(CN2CCC[C@@](O)(COc3ccc(C)cc3)CC2)cc1OCCCn1ccnc1C. The maximum absolute atomic E-state index is 11.2. The van der Waals surface area contributed by atoms with Crippen LogP contribution in [0.5, 0.6) is 17.2 Å². The summed E-state index contributed by atoms with van der Waals surface area (Å²) in [5, 5.41) is 11.2. The Hall–Kier alpha value is -3.03. The first-order valence-corrected chi connectivity index (χ1v) is 12.9. The molecule has 0 saturated carbocycles. The first kappa shape index (κ1) is 26.0. The molecule has 0 amide bonds. The number of nitrogens with zero attached hydrogens (tertiary/aromatic N) is 3. The van der Waals surface area contributed by atoms with Gasteiger partial charge in [0.05, 0.1) is 19.3 Å². The third-order valence-electron chi connectivity index (χ3n) is 6.90. The second-order valence-electron chi connectivity index (χ2n) is 9.81. The molecule has 0 radical (unpaired) electrons. The van der Waals surface area contributed by atoms with Crippen LogP contribution < -0.4 is 14.2 Å². The van der Waals surface area contributed by atoms with Gasteiger partial charge in [-0.3, -0.25) is 4.90 Å². The molecule has 4 rings (SSSR count). The number of imidazole rings is 1. The third kappa shape index (κ3) is 7.24.